The van der Waals surface area contributed by atoms with Gasteiger partial charge in [0.15, 0.2) is 0 Å². The number of ether oxygens (including phenoxy) is 1. The monoisotopic (exact) mass is 421 g/mol. The maximum Gasteiger partial charge on any atom is 0.407 e. The minimum absolute atomic E-state index is 0. The standard InChI is InChI=1S/C21H27N3O4.ClH/c22-20(26)18(24-19(14-25)17-10-5-2-6-11-17)12-7-13-23-21(27)28-15-16-8-3-1-4-9-16;/h1-6,8-11,18-19,24-25H,7,12-15H2,(H2,22,26)(H,23,27);1H/t18-,19-;/m1./s1. The summed E-state index contributed by atoms with van der Waals surface area (Å²) in [5.74, 6) is -0.499. The van der Waals surface area contributed by atoms with E-state index in [1.807, 2.05) is 60.7 Å². The van der Waals surface area contributed by atoms with Crippen molar-refractivity contribution in [3.05, 3.63) is 71.8 Å². The largest absolute Gasteiger partial charge is 0.445 e. The number of alkyl carbamates (subject to hydrolysis) is 1. The molecule has 0 aliphatic heterocycles. The summed E-state index contributed by atoms with van der Waals surface area (Å²) in [5.41, 5.74) is 7.26. The SMILES string of the molecule is Cl.NC(=O)[C@@H](CCCNC(=O)OCc1ccccc1)N[C@H](CO)c1ccccc1. The summed E-state index contributed by atoms with van der Waals surface area (Å²) in [6, 6.07) is 17.8. The average molecular weight is 422 g/mol. The summed E-state index contributed by atoms with van der Waals surface area (Å²) in [5, 5.41) is 15.4. The van der Waals surface area contributed by atoms with Crippen molar-refractivity contribution < 1.29 is 19.4 Å². The Labute approximate surface area is 177 Å². The Hall–Kier alpha value is -2.61. The summed E-state index contributed by atoms with van der Waals surface area (Å²) < 4.78 is 5.13. The van der Waals surface area contributed by atoms with Gasteiger partial charge in [0.1, 0.15) is 6.61 Å². The van der Waals surface area contributed by atoms with Crippen LogP contribution in [0.3, 0.4) is 0 Å². The quantitative estimate of drug-likeness (QED) is 0.416. The predicted molar refractivity (Wildman–Crippen MR) is 113 cm³/mol. The highest BCUT2D eigenvalue weighted by Gasteiger charge is 2.20. The molecule has 2 aromatic carbocycles. The van der Waals surface area contributed by atoms with E-state index in [0.717, 1.165) is 11.1 Å². The third-order valence-corrected chi connectivity index (χ3v) is 4.28. The molecule has 0 unspecified atom stereocenters. The summed E-state index contributed by atoms with van der Waals surface area (Å²) in [7, 11) is 0. The molecule has 8 heteroatoms. The lowest BCUT2D eigenvalue weighted by Crippen LogP contribution is -2.44. The Balaban J connectivity index is 0.00000420. The van der Waals surface area contributed by atoms with Crippen molar-refractivity contribution in [1.82, 2.24) is 10.6 Å². The van der Waals surface area contributed by atoms with Crippen LogP contribution < -0.4 is 16.4 Å². The summed E-state index contributed by atoms with van der Waals surface area (Å²) in [6.45, 7) is 0.402. The molecule has 0 fully saturated rings. The van der Waals surface area contributed by atoms with Crippen LogP contribution in [0.4, 0.5) is 4.79 Å². The van der Waals surface area contributed by atoms with Crippen molar-refractivity contribution in [2.75, 3.05) is 13.2 Å². The molecule has 0 radical (unpaired) electrons. The number of amides is 2. The van der Waals surface area contributed by atoms with Crippen LogP contribution in [0, 0.1) is 0 Å². The van der Waals surface area contributed by atoms with E-state index in [1.165, 1.54) is 0 Å². The normalized spacial score (nSPS) is 12.3. The van der Waals surface area contributed by atoms with Crippen LogP contribution in [0.25, 0.3) is 0 Å². The number of hydrogen-bond acceptors (Lipinski definition) is 5. The van der Waals surface area contributed by atoms with Gasteiger partial charge < -0.3 is 20.9 Å². The van der Waals surface area contributed by atoms with Gasteiger partial charge in [-0.3, -0.25) is 10.1 Å². The Morgan fingerprint density at radius 2 is 1.66 bits per heavy atom. The topological polar surface area (TPSA) is 114 Å². The molecule has 2 amide bonds. The molecule has 0 saturated carbocycles. The smallest absolute Gasteiger partial charge is 0.407 e. The van der Waals surface area contributed by atoms with Gasteiger partial charge in [-0.05, 0) is 24.0 Å². The number of nitrogens with one attached hydrogen (secondary N) is 2. The zero-order chi connectivity index (χ0) is 20.2. The third kappa shape index (κ3) is 8.95. The fourth-order valence-corrected chi connectivity index (χ4v) is 2.76. The molecule has 2 rings (SSSR count). The second-order valence-corrected chi connectivity index (χ2v) is 6.40. The van der Waals surface area contributed by atoms with E-state index in [9.17, 15) is 14.7 Å². The molecule has 0 spiro atoms. The van der Waals surface area contributed by atoms with E-state index in [1.54, 1.807) is 0 Å². The molecule has 158 valence electrons. The molecule has 29 heavy (non-hydrogen) atoms. The van der Waals surface area contributed by atoms with E-state index in [4.69, 9.17) is 10.5 Å². The lowest BCUT2D eigenvalue weighted by atomic mass is 10.0. The van der Waals surface area contributed by atoms with Gasteiger partial charge in [0.05, 0.1) is 18.7 Å². The highest BCUT2D eigenvalue weighted by Crippen LogP contribution is 2.13. The summed E-state index contributed by atoms with van der Waals surface area (Å²) in [6.07, 6.45) is 0.455. The first-order valence-electron chi connectivity index (χ1n) is 9.26. The first-order valence-corrected chi connectivity index (χ1v) is 9.26. The zero-order valence-corrected chi connectivity index (χ0v) is 16.9. The Morgan fingerprint density at radius 1 is 1.03 bits per heavy atom. The minimum atomic E-state index is -0.612. The minimum Gasteiger partial charge on any atom is -0.445 e. The van der Waals surface area contributed by atoms with Gasteiger partial charge in [-0.1, -0.05) is 60.7 Å². The van der Waals surface area contributed by atoms with Gasteiger partial charge in [0.25, 0.3) is 0 Å². The molecule has 2 aromatic rings. The zero-order valence-electron chi connectivity index (χ0n) is 16.1. The molecule has 7 nitrogen and oxygen atoms in total. The van der Waals surface area contributed by atoms with Gasteiger partial charge >= 0.3 is 6.09 Å². The van der Waals surface area contributed by atoms with Gasteiger partial charge in [-0.25, -0.2) is 4.79 Å². The Bertz CT molecular complexity index is 731. The maximum absolute atomic E-state index is 11.7. The first kappa shape index (κ1) is 24.4. The second-order valence-electron chi connectivity index (χ2n) is 6.40. The van der Waals surface area contributed by atoms with Crippen LogP contribution in [-0.4, -0.2) is 36.3 Å². The molecule has 0 aromatic heterocycles. The van der Waals surface area contributed by atoms with Gasteiger partial charge in [0.2, 0.25) is 5.91 Å². The average Bonchev–Trinajstić information content (AvgIpc) is 2.73. The van der Waals surface area contributed by atoms with Gasteiger partial charge in [-0.2, -0.15) is 0 Å². The van der Waals surface area contributed by atoms with Crippen molar-refractivity contribution in [2.24, 2.45) is 5.73 Å². The molecule has 0 aliphatic carbocycles. The van der Waals surface area contributed by atoms with Gasteiger partial charge in [-0.15, -0.1) is 12.4 Å². The Kier molecular flexibility index (Phi) is 11.4. The third-order valence-electron chi connectivity index (χ3n) is 4.28. The number of hydrogen-bond donors (Lipinski definition) is 4. The van der Waals surface area contributed by atoms with Crippen molar-refractivity contribution in [2.45, 2.75) is 31.5 Å². The van der Waals surface area contributed by atoms with E-state index in [2.05, 4.69) is 10.6 Å². The van der Waals surface area contributed by atoms with E-state index in [0.29, 0.717) is 19.4 Å². The Morgan fingerprint density at radius 3 is 2.24 bits per heavy atom. The highest BCUT2D eigenvalue weighted by atomic mass is 35.5. The molecule has 5 N–H and O–H groups in total. The van der Waals surface area contributed by atoms with Crippen LogP contribution in [-0.2, 0) is 16.1 Å². The number of carbonyl (C=O) groups excluding carboxylic acids is 2. The lowest BCUT2D eigenvalue weighted by molar-refractivity contribution is -0.120. The molecule has 0 aliphatic rings. The number of carbonyl (C=O) groups is 2. The molecule has 0 heterocycles. The fourth-order valence-electron chi connectivity index (χ4n) is 2.76. The number of halogens is 1. The van der Waals surface area contributed by atoms with Crippen LogP contribution in [0.2, 0.25) is 0 Å². The number of aliphatic hydroxyl groups excluding tert-OH is 1. The predicted octanol–water partition coefficient (Wildman–Crippen LogP) is 2.29. The van der Waals surface area contributed by atoms with E-state index < -0.39 is 18.0 Å². The van der Waals surface area contributed by atoms with Crippen LogP contribution in [0.5, 0.6) is 0 Å². The van der Waals surface area contributed by atoms with Crippen LogP contribution in [0.1, 0.15) is 30.0 Å². The van der Waals surface area contributed by atoms with Gasteiger partial charge in [0, 0.05) is 6.54 Å². The van der Waals surface area contributed by atoms with E-state index >= 15 is 0 Å². The van der Waals surface area contributed by atoms with Crippen molar-refractivity contribution >= 4 is 24.4 Å². The van der Waals surface area contributed by atoms with Crippen molar-refractivity contribution in [1.29, 1.82) is 0 Å². The van der Waals surface area contributed by atoms with Crippen molar-refractivity contribution in [3.8, 4) is 0 Å². The molecular formula is C21H28ClN3O4. The number of rotatable bonds is 11. The lowest BCUT2D eigenvalue weighted by Gasteiger charge is -2.23. The summed E-state index contributed by atoms with van der Waals surface area (Å²) >= 11 is 0. The molecule has 0 saturated heterocycles. The fraction of sp³-hybridized carbons (Fsp3) is 0.333. The molecule has 0 bridgehead atoms. The second kappa shape index (κ2) is 13.5. The molecular weight excluding hydrogens is 394 g/mol. The van der Waals surface area contributed by atoms with E-state index in [-0.39, 0.29) is 31.7 Å². The van der Waals surface area contributed by atoms with Crippen LogP contribution in [0.15, 0.2) is 60.7 Å². The number of nitrogens with two attached hydrogens (primary N) is 1. The van der Waals surface area contributed by atoms with Crippen LogP contribution >= 0.6 is 12.4 Å². The highest BCUT2D eigenvalue weighted by molar-refractivity contribution is 5.85. The number of primary amides is 1. The summed E-state index contributed by atoms with van der Waals surface area (Å²) in [4.78, 5) is 23.5. The molecule has 2 atom stereocenters. The van der Waals surface area contributed by atoms with Crippen molar-refractivity contribution in [3.63, 3.8) is 0 Å². The number of benzene rings is 2. The first-order chi connectivity index (χ1) is 13.6. The maximum atomic E-state index is 11.7. The number of aliphatic hydroxyl groups is 1.